The van der Waals surface area contributed by atoms with Crippen LogP contribution in [0, 0.1) is 12.8 Å². The molecule has 1 saturated heterocycles. The molecule has 106 valence electrons. The van der Waals surface area contributed by atoms with E-state index in [0.29, 0.717) is 18.3 Å². The number of allylic oxidation sites excluding steroid dienone is 1. The Balaban J connectivity index is 1.77. The molecule has 0 atom stereocenters. The Kier molecular flexibility index (Phi) is 3.24. The maximum atomic E-state index is 12.2. The lowest BCUT2D eigenvalue weighted by Gasteiger charge is -2.33. The molecule has 3 rings (SSSR count). The lowest BCUT2D eigenvalue weighted by atomic mass is 9.79. The van der Waals surface area contributed by atoms with Crippen molar-refractivity contribution < 1.29 is 9.53 Å². The molecular weight excluding hydrogens is 252 g/mol. The summed E-state index contributed by atoms with van der Waals surface area (Å²) in [6, 6.07) is 5.71. The highest BCUT2D eigenvalue weighted by atomic mass is 16.6. The molecule has 0 aromatic carbocycles. The van der Waals surface area contributed by atoms with Crippen LogP contribution in [0.4, 0.5) is 10.6 Å². The SMILES string of the molecule is C=C[C@H]1CC[C@]2(CC1)CN(c1cccc(C)n1)C(=O)O2. The number of carbonyl (C=O) groups excluding carboxylic acids is 1. The van der Waals surface area contributed by atoms with E-state index in [-0.39, 0.29) is 11.7 Å². The number of carbonyl (C=O) groups is 1. The van der Waals surface area contributed by atoms with Crippen LogP contribution in [0.3, 0.4) is 0 Å². The second kappa shape index (κ2) is 4.93. The number of pyridine rings is 1. The first kappa shape index (κ1) is 13.2. The molecule has 0 N–H and O–H groups in total. The Morgan fingerprint density at radius 2 is 2.20 bits per heavy atom. The van der Waals surface area contributed by atoms with E-state index in [1.54, 1.807) is 4.90 Å². The summed E-state index contributed by atoms with van der Waals surface area (Å²) in [6.45, 7) is 6.40. The predicted octanol–water partition coefficient (Wildman–Crippen LogP) is 3.46. The Morgan fingerprint density at radius 1 is 1.45 bits per heavy atom. The van der Waals surface area contributed by atoms with Crippen LogP contribution in [0.25, 0.3) is 0 Å². The average molecular weight is 272 g/mol. The Morgan fingerprint density at radius 3 is 2.85 bits per heavy atom. The van der Waals surface area contributed by atoms with Crippen molar-refractivity contribution in [2.45, 2.75) is 38.2 Å². The van der Waals surface area contributed by atoms with E-state index < -0.39 is 0 Å². The van der Waals surface area contributed by atoms with E-state index in [1.807, 2.05) is 31.2 Å². The van der Waals surface area contributed by atoms with Gasteiger partial charge in [-0.2, -0.15) is 0 Å². The molecule has 1 aromatic heterocycles. The van der Waals surface area contributed by atoms with Crippen molar-refractivity contribution in [3.05, 3.63) is 36.5 Å². The lowest BCUT2D eigenvalue weighted by Crippen LogP contribution is -2.38. The molecule has 4 heteroatoms. The van der Waals surface area contributed by atoms with Gasteiger partial charge in [-0.1, -0.05) is 12.1 Å². The number of nitrogens with zero attached hydrogens (tertiary/aromatic N) is 2. The zero-order valence-corrected chi connectivity index (χ0v) is 11.8. The van der Waals surface area contributed by atoms with E-state index in [9.17, 15) is 4.79 Å². The van der Waals surface area contributed by atoms with Crippen LogP contribution >= 0.6 is 0 Å². The normalized spacial score (nSPS) is 29.6. The van der Waals surface area contributed by atoms with Crippen molar-refractivity contribution in [2.75, 3.05) is 11.4 Å². The third kappa shape index (κ3) is 2.30. The monoisotopic (exact) mass is 272 g/mol. The first-order chi connectivity index (χ1) is 9.62. The molecular formula is C16H20N2O2. The molecule has 2 heterocycles. The second-order valence-electron chi connectivity index (χ2n) is 5.85. The van der Waals surface area contributed by atoms with Gasteiger partial charge in [-0.15, -0.1) is 6.58 Å². The summed E-state index contributed by atoms with van der Waals surface area (Å²) in [7, 11) is 0. The Labute approximate surface area is 119 Å². The third-order valence-electron chi connectivity index (χ3n) is 4.40. The number of rotatable bonds is 2. The molecule has 1 aliphatic carbocycles. The minimum absolute atomic E-state index is 0.264. The maximum absolute atomic E-state index is 12.2. The standard InChI is InChI=1S/C16H20N2O2/c1-3-13-7-9-16(10-8-13)11-18(15(19)20-16)14-6-4-5-12(2)17-14/h3-6,13H,1,7-11H2,2H3/t13-,16-. The van der Waals surface area contributed by atoms with Gasteiger partial charge in [0, 0.05) is 5.69 Å². The quantitative estimate of drug-likeness (QED) is 0.774. The molecule has 2 fully saturated rings. The van der Waals surface area contributed by atoms with Gasteiger partial charge in [-0.3, -0.25) is 4.90 Å². The van der Waals surface area contributed by atoms with Gasteiger partial charge in [0.1, 0.15) is 11.4 Å². The van der Waals surface area contributed by atoms with Gasteiger partial charge >= 0.3 is 6.09 Å². The van der Waals surface area contributed by atoms with Gasteiger partial charge in [-0.25, -0.2) is 9.78 Å². The second-order valence-corrected chi connectivity index (χ2v) is 5.85. The van der Waals surface area contributed by atoms with Gasteiger partial charge in [0.2, 0.25) is 0 Å². The molecule has 1 aliphatic heterocycles. The molecule has 1 aromatic rings. The topological polar surface area (TPSA) is 42.4 Å². The molecule has 0 unspecified atom stereocenters. The van der Waals surface area contributed by atoms with Crippen LogP contribution in [-0.4, -0.2) is 23.2 Å². The van der Waals surface area contributed by atoms with Crippen molar-refractivity contribution in [1.82, 2.24) is 4.98 Å². The van der Waals surface area contributed by atoms with E-state index >= 15 is 0 Å². The molecule has 20 heavy (non-hydrogen) atoms. The summed E-state index contributed by atoms with van der Waals surface area (Å²) in [6.07, 6.45) is 5.68. The number of anilines is 1. The Hall–Kier alpha value is -1.84. The highest BCUT2D eigenvalue weighted by molar-refractivity contribution is 5.89. The van der Waals surface area contributed by atoms with Crippen molar-refractivity contribution in [2.24, 2.45) is 5.92 Å². The number of amides is 1. The van der Waals surface area contributed by atoms with Gasteiger partial charge in [0.25, 0.3) is 0 Å². The summed E-state index contributed by atoms with van der Waals surface area (Å²) < 4.78 is 5.70. The Bertz CT molecular complexity index is 533. The highest BCUT2D eigenvalue weighted by Crippen LogP contribution is 2.40. The fraction of sp³-hybridized carbons (Fsp3) is 0.500. The largest absolute Gasteiger partial charge is 0.441 e. The summed E-state index contributed by atoms with van der Waals surface area (Å²) in [4.78, 5) is 18.2. The van der Waals surface area contributed by atoms with Crippen LogP contribution in [-0.2, 0) is 4.74 Å². The number of ether oxygens (including phenoxy) is 1. The summed E-state index contributed by atoms with van der Waals surface area (Å²) in [5.41, 5.74) is 0.591. The molecule has 2 aliphatic rings. The smallest absolute Gasteiger partial charge is 0.416 e. The molecule has 1 spiro atoms. The summed E-state index contributed by atoms with van der Waals surface area (Å²) in [5, 5.41) is 0. The first-order valence-electron chi connectivity index (χ1n) is 7.19. The van der Waals surface area contributed by atoms with Crippen molar-refractivity contribution in [3.8, 4) is 0 Å². The fourth-order valence-corrected chi connectivity index (χ4v) is 3.14. The zero-order chi connectivity index (χ0) is 14.2. The van der Waals surface area contributed by atoms with Crippen LogP contribution in [0.1, 0.15) is 31.4 Å². The molecule has 0 radical (unpaired) electrons. The van der Waals surface area contributed by atoms with Gasteiger partial charge in [0.05, 0.1) is 6.54 Å². The number of hydrogen-bond acceptors (Lipinski definition) is 3. The van der Waals surface area contributed by atoms with Crippen LogP contribution < -0.4 is 4.90 Å². The predicted molar refractivity (Wildman–Crippen MR) is 77.7 cm³/mol. The molecule has 1 amide bonds. The average Bonchev–Trinajstić information content (AvgIpc) is 2.77. The lowest BCUT2D eigenvalue weighted by molar-refractivity contribution is 0.0184. The van der Waals surface area contributed by atoms with E-state index in [0.717, 1.165) is 31.4 Å². The maximum Gasteiger partial charge on any atom is 0.416 e. The minimum Gasteiger partial charge on any atom is -0.441 e. The number of aryl methyl sites for hydroxylation is 1. The van der Waals surface area contributed by atoms with Crippen LogP contribution in [0.2, 0.25) is 0 Å². The summed E-state index contributed by atoms with van der Waals surface area (Å²) >= 11 is 0. The van der Waals surface area contributed by atoms with Crippen LogP contribution in [0.15, 0.2) is 30.9 Å². The van der Waals surface area contributed by atoms with Crippen molar-refractivity contribution in [3.63, 3.8) is 0 Å². The highest BCUT2D eigenvalue weighted by Gasteiger charge is 2.47. The zero-order valence-electron chi connectivity index (χ0n) is 11.8. The summed E-state index contributed by atoms with van der Waals surface area (Å²) in [5.74, 6) is 1.25. The van der Waals surface area contributed by atoms with Gasteiger partial charge < -0.3 is 4.74 Å². The van der Waals surface area contributed by atoms with Gasteiger partial charge in [-0.05, 0) is 50.7 Å². The molecule has 0 bridgehead atoms. The van der Waals surface area contributed by atoms with Crippen molar-refractivity contribution in [1.29, 1.82) is 0 Å². The first-order valence-corrected chi connectivity index (χ1v) is 7.19. The van der Waals surface area contributed by atoms with Crippen molar-refractivity contribution >= 4 is 11.9 Å². The van der Waals surface area contributed by atoms with Gasteiger partial charge in [0.15, 0.2) is 0 Å². The fourth-order valence-electron chi connectivity index (χ4n) is 3.14. The van der Waals surface area contributed by atoms with E-state index in [2.05, 4.69) is 11.6 Å². The molecule has 1 saturated carbocycles. The van der Waals surface area contributed by atoms with E-state index in [1.165, 1.54) is 0 Å². The molecule has 4 nitrogen and oxygen atoms in total. The third-order valence-corrected chi connectivity index (χ3v) is 4.40. The number of hydrogen-bond donors (Lipinski definition) is 0. The van der Waals surface area contributed by atoms with E-state index in [4.69, 9.17) is 4.74 Å². The number of aromatic nitrogens is 1. The van der Waals surface area contributed by atoms with Crippen LogP contribution in [0.5, 0.6) is 0 Å². The minimum atomic E-state index is -0.317.